The quantitative estimate of drug-likeness (QED) is 0.204. The molecule has 0 saturated carbocycles. The Bertz CT molecular complexity index is 1270. The number of hydrogen-bond donors (Lipinski definition) is 0. The van der Waals surface area contributed by atoms with Crippen LogP contribution >= 0.6 is 0 Å². The fourth-order valence-corrected chi connectivity index (χ4v) is 5.22. The van der Waals surface area contributed by atoms with Crippen LogP contribution in [0, 0.1) is 31.5 Å². The highest BCUT2D eigenvalue weighted by Crippen LogP contribution is 2.32. The number of halogens is 4. The Balaban J connectivity index is 1.31. The Labute approximate surface area is 226 Å². The van der Waals surface area contributed by atoms with Crippen LogP contribution in [0.3, 0.4) is 0 Å². The van der Waals surface area contributed by atoms with Crippen LogP contribution in [-0.4, -0.2) is 35.4 Å². The summed E-state index contributed by atoms with van der Waals surface area (Å²) in [5, 5.41) is 8.98. The van der Waals surface area contributed by atoms with E-state index >= 15 is 0 Å². The van der Waals surface area contributed by atoms with Crippen molar-refractivity contribution in [2.45, 2.75) is 59.2 Å². The number of anilines is 1. The summed E-state index contributed by atoms with van der Waals surface area (Å²) in [6.45, 7) is 7.71. The predicted octanol–water partition coefficient (Wildman–Crippen LogP) is 7.70. The Morgan fingerprint density at radius 2 is 1.64 bits per heavy atom. The van der Waals surface area contributed by atoms with Gasteiger partial charge in [-0.15, -0.1) is 23.4 Å². The molecule has 9 heteroatoms. The second kappa shape index (κ2) is 12.1. The van der Waals surface area contributed by atoms with Gasteiger partial charge in [-0.2, -0.15) is 0 Å². The van der Waals surface area contributed by atoms with Crippen molar-refractivity contribution in [3.05, 3.63) is 71.0 Å². The molecule has 0 spiro atoms. The number of nitrogens with zero attached hydrogens (tertiary/aromatic N) is 3. The summed E-state index contributed by atoms with van der Waals surface area (Å²) < 4.78 is 54.4. The highest BCUT2D eigenvalue weighted by molar-refractivity contribution is 5.97. The zero-order chi connectivity index (χ0) is 28.2. The van der Waals surface area contributed by atoms with Crippen LogP contribution in [0.15, 0.2) is 48.5 Å². The standard InChI is InChI=1S/C30H33F4N3O2/c1-4-22(28(38)24-9-13-26(14-10-24)39-30(32,33)34)6-5-21-15-17-37(18-16-21)29-20(3)19(2)27(35-36-29)23-7-11-25(31)12-8-23/h7-14,21-22H,4-6,15-18H2,1-3H3. The van der Waals surface area contributed by atoms with Crippen LogP contribution in [0.25, 0.3) is 11.3 Å². The Morgan fingerprint density at radius 1 is 1.00 bits per heavy atom. The molecule has 5 nitrogen and oxygen atoms in total. The van der Waals surface area contributed by atoms with Gasteiger partial charge in [-0.3, -0.25) is 4.79 Å². The molecule has 0 bridgehead atoms. The van der Waals surface area contributed by atoms with Crippen LogP contribution in [-0.2, 0) is 0 Å². The molecule has 1 aliphatic heterocycles. The summed E-state index contributed by atoms with van der Waals surface area (Å²) in [4.78, 5) is 15.3. The van der Waals surface area contributed by atoms with E-state index in [0.717, 1.165) is 67.0 Å². The topological polar surface area (TPSA) is 55.3 Å². The fraction of sp³-hybridized carbons (Fsp3) is 0.433. The number of ether oxygens (including phenoxy) is 1. The molecule has 4 rings (SSSR count). The first-order valence-electron chi connectivity index (χ1n) is 13.3. The maximum absolute atomic E-state index is 13.3. The average molecular weight is 544 g/mol. The highest BCUT2D eigenvalue weighted by Gasteiger charge is 2.31. The molecular formula is C30H33F4N3O2. The average Bonchev–Trinajstić information content (AvgIpc) is 2.91. The summed E-state index contributed by atoms with van der Waals surface area (Å²) in [5.41, 5.74) is 4.08. The number of carbonyl (C=O) groups is 1. The lowest BCUT2D eigenvalue weighted by Crippen LogP contribution is -2.35. The van der Waals surface area contributed by atoms with Gasteiger partial charge in [0, 0.05) is 30.1 Å². The summed E-state index contributed by atoms with van der Waals surface area (Å²) in [7, 11) is 0. The van der Waals surface area contributed by atoms with Crippen molar-refractivity contribution in [1.29, 1.82) is 0 Å². The van der Waals surface area contributed by atoms with Gasteiger partial charge < -0.3 is 9.64 Å². The van der Waals surface area contributed by atoms with Gasteiger partial charge in [0.1, 0.15) is 11.6 Å². The number of aromatic nitrogens is 2. The van der Waals surface area contributed by atoms with E-state index in [-0.39, 0.29) is 23.3 Å². The lowest BCUT2D eigenvalue weighted by Gasteiger charge is -2.34. The number of hydrogen-bond acceptors (Lipinski definition) is 5. The van der Waals surface area contributed by atoms with Gasteiger partial charge in [-0.1, -0.05) is 6.92 Å². The Hall–Kier alpha value is -3.49. The second-order valence-corrected chi connectivity index (χ2v) is 10.2. The number of carbonyl (C=O) groups excluding carboxylic acids is 1. The second-order valence-electron chi connectivity index (χ2n) is 10.2. The van der Waals surface area contributed by atoms with E-state index in [1.807, 2.05) is 20.8 Å². The zero-order valence-electron chi connectivity index (χ0n) is 22.4. The van der Waals surface area contributed by atoms with Crippen molar-refractivity contribution in [2.75, 3.05) is 18.0 Å². The van der Waals surface area contributed by atoms with Crippen LogP contribution < -0.4 is 9.64 Å². The van der Waals surface area contributed by atoms with E-state index in [2.05, 4.69) is 19.8 Å². The van der Waals surface area contributed by atoms with E-state index < -0.39 is 6.36 Å². The molecule has 1 atom stereocenters. The summed E-state index contributed by atoms with van der Waals surface area (Å²) in [6, 6.07) is 11.4. The third kappa shape index (κ3) is 7.13. The molecule has 2 heterocycles. The van der Waals surface area contributed by atoms with Crippen LogP contribution in [0.4, 0.5) is 23.4 Å². The van der Waals surface area contributed by atoms with E-state index in [1.54, 1.807) is 12.1 Å². The van der Waals surface area contributed by atoms with Crippen LogP contribution in [0.5, 0.6) is 5.75 Å². The van der Waals surface area contributed by atoms with Gasteiger partial charge in [0.05, 0.1) is 5.69 Å². The van der Waals surface area contributed by atoms with Crippen molar-refractivity contribution >= 4 is 11.6 Å². The number of benzene rings is 2. The lowest BCUT2D eigenvalue weighted by molar-refractivity contribution is -0.274. The molecule has 1 fully saturated rings. The fourth-order valence-electron chi connectivity index (χ4n) is 5.22. The maximum atomic E-state index is 13.3. The summed E-state index contributed by atoms with van der Waals surface area (Å²) >= 11 is 0. The van der Waals surface area contributed by atoms with E-state index in [0.29, 0.717) is 17.9 Å². The molecule has 1 aliphatic rings. The first-order chi connectivity index (χ1) is 18.6. The van der Waals surface area contributed by atoms with Crippen molar-refractivity contribution in [3.63, 3.8) is 0 Å². The third-order valence-corrected chi connectivity index (χ3v) is 7.69. The predicted molar refractivity (Wildman–Crippen MR) is 142 cm³/mol. The normalized spacial score (nSPS) is 15.3. The molecule has 1 unspecified atom stereocenters. The van der Waals surface area contributed by atoms with Crippen molar-refractivity contribution in [2.24, 2.45) is 11.8 Å². The smallest absolute Gasteiger partial charge is 0.406 e. The largest absolute Gasteiger partial charge is 0.573 e. The molecule has 0 amide bonds. The zero-order valence-corrected chi connectivity index (χ0v) is 22.4. The third-order valence-electron chi connectivity index (χ3n) is 7.69. The molecule has 39 heavy (non-hydrogen) atoms. The number of rotatable bonds is 9. The molecule has 1 aromatic heterocycles. The van der Waals surface area contributed by atoms with E-state index in [4.69, 9.17) is 0 Å². The number of ketones is 1. The molecule has 0 radical (unpaired) electrons. The van der Waals surface area contributed by atoms with Crippen molar-refractivity contribution in [1.82, 2.24) is 10.2 Å². The SMILES string of the molecule is CCC(CCC1CCN(c2nnc(-c3ccc(F)cc3)c(C)c2C)CC1)C(=O)c1ccc(OC(F)(F)F)cc1. The van der Waals surface area contributed by atoms with Crippen LogP contribution in [0.1, 0.15) is 60.5 Å². The van der Waals surface area contributed by atoms with E-state index in [9.17, 15) is 22.4 Å². The number of piperidine rings is 1. The highest BCUT2D eigenvalue weighted by atomic mass is 19.4. The van der Waals surface area contributed by atoms with Gasteiger partial charge in [-0.05, 0) is 112 Å². The Morgan fingerprint density at radius 3 is 2.23 bits per heavy atom. The number of alkyl halides is 3. The monoisotopic (exact) mass is 543 g/mol. The molecule has 3 aromatic rings. The minimum absolute atomic E-state index is 0.0453. The van der Waals surface area contributed by atoms with Gasteiger partial charge in [0.2, 0.25) is 0 Å². The molecule has 1 saturated heterocycles. The van der Waals surface area contributed by atoms with Crippen molar-refractivity contribution in [3.8, 4) is 17.0 Å². The minimum Gasteiger partial charge on any atom is -0.406 e. The maximum Gasteiger partial charge on any atom is 0.573 e. The van der Waals surface area contributed by atoms with Gasteiger partial charge in [0.25, 0.3) is 0 Å². The van der Waals surface area contributed by atoms with Gasteiger partial charge in [-0.25, -0.2) is 4.39 Å². The molecule has 2 aromatic carbocycles. The summed E-state index contributed by atoms with van der Waals surface area (Å²) in [5.74, 6) is 0.515. The number of Topliss-reactive ketones (excluding diaryl/α,β-unsaturated/α-hetero) is 1. The Kier molecular flexibility index (Phi) is 8.87. The van der Waals surface area contributed by atoms with Gasteiger partial charge >= 0.3 is 6.36 Å². The first-order valence-corrected chi connectivity index (χ1v) is 13.3. The minimum atomic E-state index is -4.76. The van der Waals surface area contributed by atoms with E-state index in [1.165, 1.54) is 36.4 Å². The molecular weight excluding hydrogens is 510 g/mol. The molecule has 0 aliphatic carbocycles. The lowest BCUT2D eigenvalue weighted by atomic mass is 9.85. The first kappa shape index (κ1) is 28.5. The van der Waals surface area contributed by atoms with Gasteiger partial charge in [0.15, 0.2) is 11.6 Å². The molecule has 208 valence electrons. The molecule has 0 N–H and O–H groups in total. The van der Waals surface area contributed by atoms with Crippen molar-refractivity contribution < 1.29 is 27.1 Å². The van der Waals surface area contributed by atoms with Crippen LogP contribution in [0.2, 0.25) is 0 Å². The summed E-state index contributed by atoms with van der Waals surface area (Å²) in [6.07, 6.45) is -0.467.